The van der Waals surface area contributed by atoms with Gasteiger partial charge in [-0.15, -0.1) is 0 Å². The summed E-state index contributed by atoms with van der Waals surface area (Å²) in [7, 11) is 1.56. The lowest BCUT2D eigenvalue weighted by molar-refractivity contribution is 0.0740. The molecule has 1 aliphatic heterocycles. The molecular weight excluding hydrogens is 298 g/mol. The zero-order chi connectivity index (χ0) is 16.2. The zero-order valence-electron chi connectivity index (χ0n) is 12.7. The Morgan fingerprint density at radius 3 is 2.70 bits per heavy atom. The minimum Gasteiger partial charge on any atom is -0.481 e. The molecule has 1 N–H and O–H groups in total. The molecule has 3 rings (SSSR count). The molecule has 0 aliphatic carbocycles. The van der Waals surface area contributed by atoms with Crippen LogP contribution in [-0.4, -0.2) is 59.0 Å². The molecule has 0 atom stereocenters. The van der Waals surface area contributed by atoms with Gasteiger partial charge in [0.1, 0.15) is 17.8 Å². The fourth-order valence-corrected chi connectivity index (χ4v) is 2.50. The van der Waals surface area contributed by atoms with E-state index in [0.29, 0.717) is 37.8 Å². The fourth-order valence-electron chi connectivity index (χ4n) is 2.50. The van der Waals surface area contributed by atoms with Crippen LogP contribution in [0.2, 0.25) is 0 Å². The second kappa shape index (κ2) is 6.47. The van der Waals surface area contributed by atoms with Crippen LogP contribution in [0, 0.1) is 0 Å². The number of hydrogen-bond donors (Lipinski definition) is 1. The number of H-pyrrole nitrogens is 1. The van der Waals surface area contributed by atoms with Crippen molar-refractivity contribution in [2.24, 2.45) is 0 Å². The van der Waals surface area contributed by atoms with Crippen LogP contribution in [0.5, 0.6) is 5.88 Å². The molecule has 23 heavy (non-hydrogen) atoms. The SMILES string of the molecule is COc1cc(N2CCN(C(=O)c3cccc(=O)[nH]3)CC2)ncn1. The normalized spacial score (nSPS) is 14.7. The van der Waals surface area contributed by atoms with Crippen molar-refractivity contribution >= 4 is 11.7 Å². The summed E-state index contributed by atoms with van der Waals surface area (Å²) in [5.74, 6) is 1.12. The van der Waals surface area contributed by atoms with Crippen LogP contribution in [0.25, 0.3) is 0 Å². The highest BCUT2D eigenvalue weighted by molar-refractivity contribution is 5.92. The predicted octanol–water partition coefficient (Wildman–Crippen LogP) is 0.136. The van der Waals surface area contributed by atoms with Gasteiger partial charge in [0.05, 0.1) is 7.11 Å². The van der Waals surface area contributed by atoms with Crippen molar-refractivity contribution in [3.05, 3.63) is 46.6 Å². The van der Waals surface area contributed by atoms with Crippen LogP contribution in [0.15, 0.2) is 35.4 Å². The van der Waals surface area contributed by atoms with Crippen LogP contribution < -0.4 is 15.2 Å². The number of ether oxygens (including phenoxy) is 1. The van der Waals surface area contributed by atoms with Crippen LogP contribution >= 0.6 is 0 Å². The largest absolute Gasteiger partial charge is 0.481 e. The molecule has 1 aliphatic rings. The molecule has 0 saturated carbocycles. The Balaban J connectivity index is 1.66. The Labute approximate surface area is 132 Å². The smallest absolute Gasteiger partial charge is 0.270 e. The number of aromatic nitrogens is 3. The zero-order valence-corrected chi connectivity index (χ0v) is 12.7. The maximum atomic E-state index is 12.4. The van der Waals surface area contributed by atoms with Crippen LogP contribution in [0.3, 0.4) is 0 Å². The summed E-state index contributed by atoms with van der Waals surface area (Å²) in [4.78, 5) is 38.3. The van der Waals surface area contributed by atoms with E-state index in [4.69, 9.17) is 4.74 Å². The monoisotopic (exact) mass is 315 g/mol. The minimum atomic E-state index is -0.275. The summed E-state index contributed by atoms with van der Waals surface area (Å²) in [5, 5.41) is 0. The molecule has 8 heteroatoms. The Morgan fingerprint density at radius 1 is 1.22 bits per heavy atom. The van der Waals surface area contributed by atoms with E-state index in [9.17, 15) is 9.59 Å². The van der Waals surface area contributed by atoms with Gasteiger partial charge in [-0.1, -0.05) is 6.07 Å². The third kappa shape index (κ3) is 3.31. The highest BCUT2D eigenvalue weighted by Gasteiger charge is 2.23. The lowest BCUT2D eigenvalue weighted by atomic mass is 10.2. The molecule has 0 radical (unpaired) electrons. The van der Waals surface area contributed by atoms with Crippen molar-refractivity contribution < 1.29 is 9.53 Å². The molecule has 1 saturated heterocycles. The van der Waals surface area contributed by atoms with E-state index >= 15 is 0 Å². The summed E-state index contributed by atoms with van der Waals surface area (Å²) in [6.07, 6.45) is 1.46. The minimum absolute atomic E-state index is 0.164. The van der Waals surface area contributed by atoms with Gasteiger partial charge in [-0.2, -0.15) is 0 Å². The molecule has 3 heterocycles. The quantitative estimate of drug-likeness (QED) is 0.866. The van der Waals surface area contributed by atoms with Gasteiger partial charge in [-0.3, -0.25) is 9.59 Å². The molecule has 120 valence electrons. The molecule has 1 amide bonds. The van der Waals surface area contributed by atoms with E-state index in [1.54, 1.807) is 30.2 Å². The van der Waals surface area contributed by atoms with Crippen LogP contribution in [-0.2, 0) is 0 Å². The third-order valence-electron chi connectivity index (χ3n) is 3.73. The molecule has 8 nitrogen and oxygen atoms in total. The molecule has 2 aromatic heterocycles. The highest BCUT2D eigenvalue weighted by Crippen LogP contribution is 2.17. The second-order valence-corrected chi connectivity index (χ2v) is 5.13. The number of amides is 1. The number of nitrogens with zero attached hydrogens (tertiary/aromatic N) is 4. The number of rotatable bonds is 3. The average molecular weight is 315 g/mol. The van der Waals surface area contributed by atoms with E-state index in [1.165, 1.54) is 12.4 Å². The lowest BCUT2D eigenvalue weighted by Gasteiger charge is -2.35. The van der Waals surface area contributed by atoms with Gasteiger partial charge in [-0.25, -0.2) is 9.97 Å². The molecule has 0 unspecified atom stereocenters. The van der Waals surface area contributed by atoms with E-state index in [-0.39, 0.29) is 11.5 Å². The fraction of sp³-hybridized carbons (Fsp3) is 0.333. The van der Waals surface area contributed by atoms with Crippen molar-refractivity contribution in [3.63, 3.8) is 0 Å². The van der Waals surface area contributed by atoms with Crippen LogP contribution in [0.1, 0.15) is 10.5 Å². The molecule has 2 aromatic rings. The summed E-state index contributed by atoms with van der Waals surface area (Å²) in [6, 6.07) is 6.35. The third-order valence-corrected chi connectivity index (χ3v) is 3.73. The van der Waals surface area contributed by atoms with E-state index < -0.39 is 0 Å². The lowest BCUT2D eigenvalue weighted by Crippen LogP contribution is -2.49. The first-order valence-corrected chi connectivity index (χ1v) is 7.27. The van der Waals surface area contributed by atoms with Gasteiger partial charge in [-0.05, 0) is 6.07 Å². The van der Waals surface area contributed by atoms with Gasteiger partial charge in [0.15, 0.2) is 0 Å². The molecule has 1 fully saturated rings. The number of anilines is 1. The number of pyridine rings is 1. The van der Waals surface area contributed by atoms with Gasteiger partial charge in [0, 0.05) is 38.3 Å². The Morgan fingerprint density at radius 2 is 2.00 bits per heavy atom. The molecule has 0 aromatic carbocycles. The van der Waals surface area contributed by atoms with Crippen molar-refractivity contribution in [2.75, 3.05) is 38.2 Å². The Bertz CT molecular complexity index is 753. The number of carbonyl (C=O) groups excluding carboxylic acids is 1. The predicted molar refractivity (Wildman–Crippen MR) is 83.8 cm³/mol. The maximum absolute atomic E-state index is 12.4. The average Bonchev–Trinajstić information content (AvgIpc) is 2.61. The van der Waals surface area contributed by atoms with Crippen molar-refractivity contribution in [2.45, 2.75) is 0 Å². The molecular formula is C15H17N5O3. The number of nitrogens with one attached hydrogen (secondary N) is 1. The number of aromatic amines is 1. The standard InChI is InChI=1S/C15H17N5O3/c1-23-14-9-12(16-10-17-14)19-5-7-20(8-6-19)15(22)11-3-2-4-13(21)18-11/h2-4,9-10H,5-8H2,1H3,(H,18,21). The number of methoxy groups -OCH3 is 1. The van der Waals surface area contributed by atoms with Gasteiger partial charge >= 0.3 is 0 Å². The first kappa shape index (κ1) is 15.0. The Hall–Kier alpha value is -2.90. The van der Waals surface area contributed by atoms with Crippen LogP contribution in [0.4, 0.5) is 5.82 Å². The number of hydrogen-bond acceptors (Lipinski definition) is 6. The van der Waals surface area contributed by atoms with E-state index in [0.717, 1.165) is 5.82 Å². The first-order chi connectivity index (χ1) is 11.2. The second-order valence-electron chi connectivity index (χ2n) is 5.13. The highest BCUT2D eigenvalue weighted by atomic mass is 16.5. The molecule has 0 spiro atoms. The summed E-state index contributed by atoms with van der Waals surface area (Å²) < 4.78 is 5.10. The van der Waals surface area contributed by atoms with Gasteiger partial charge in [0.25, 0.3) is 5.91 Å². The number of carbonyl (C=O) groups is 1. The topological polar surface area (TPSA) is 91.4 Å². The molecule has 0 bridgehead atoms. The first-order valence-electron chi connectivity index (χ1n) is 7.27. The maximum Gasteiger partial charge on any atom is 0.270 e. The summed E-state index contributed by atoms with van der Waals surface area (Å²) in [5.41, 5.74) is 0.0391. The summed E-state index contributed by atoms with van der Waals surface area (Å²) in [6.45, 7) is 2.43. The van der Waals surface area contributed by atoms with Gasteiger partial charge in [0.2, 0.25) is 11.4 Å². The van der Waals surface area contributed by atoms with Crippen molar-refractivity contribution in [3.8, 4) is 5.88 Å². The van der Waals surface area contributed by atoms with Crippen molar-refractivity contribution in [1.82, 2.24) is 19.9 Å². The van der Waals surface area contributed by atoms with E-state index in [1.807, 2.05) is 0 Å². The van der Waals surface area contributed by atoms with Gasteiger partial charge < -0.3 is 19.5 Å². The Kier molecular flexibility index (Phi) is 4.22. The number of piperazine rings is 1. The summed E-state index contributed by atoms with van der Waals surface area (Å²) >= 11 is 0. The van der Waals surface area contributed by atoms with Crippen molar-refractivity contribution in [1.29, 1.82) is 0 Å². The van der Waals surface area contributed by atoms with E-state index in [2.05, 4.69) is 19.9 Å².